The Balaban J connectivity index is 2.31. The molecule has 2 atom stereocenters. The number of benzene rings is 2. The molecule has 0 fully saturated rings. The van der Waals surface area contributed by atoms with Crippen molar-refractivity contribution in [3.8, 4) is 0 Å². The molecular formula is C15H18N2O2S. The van der Waals surface area contributed by atoms with Gasteiger partial charge in [0.2, 0.25) is 0 Å². The second-order valence-corrected chi connectivity index (χ2v) is 5.31. The van der Waals surface area contributed by atoms with E-state index >= 15 is 0 Å². The molecule has 0 aliphatic carbocycles. The van der Waals surface area contributed by atoms with E-state index in [1.165, 1.54) is 5.56 Å². The Morgan fingerprint density at radius 3 is 2.50 bits per heavy atom. The van der Waals surface area contributed by atoms with Gasteiger partial charge in [-0.05, 0) is 41.8 Å². The van der Waals surface area contributed by atoms with Crippen LogP contribution < -0.4 is 10.5 Å². The Hall–Kier alpha value is -1.85. The van der Waals surface area contributed by atoms with Crippen LogP contribution in [0.5, 0.6) is 0 Å². The highest BCUT2D eigenvalue weighted by atomic mass is 32.2. The lowest BCUT2D eigenvalue weighted by atomic mass is 9.89. The maximum Gasteiger partial charge on any atom is 0.259 e. The lowest BCUT2D eigenvalue weighted by molar-refractivity contribution is 0.570. The van der Waals surface area contributed by atoms with Crippen molar-refractivity contribution in [3.05, 3.63) is 59.7 Å². The monoisotopic (exact) mass is 290 g/mol. The molecule has 0 saturated carbocycles. The highest BCUT2D eigenvalue weighted by Crippen LogP contribution is 2.29. The maximum absolute atomic E-state index is 10.8. The lowest BCUT2D eigenvalue weighted by Crippen LogP contribution is -2.04. The third kappa shape index (κ3) is 3.59. The van der Waals surface area contributed by atoms with Gasteiger partial charge in [0.05, 0.1) is 0 Å². The number of nitrogen functional groups attached to an aromatic ring is 1. The summed E-state index contributed by atoms with van der Waals surface area (Å²) in [6, 6.07) is 15.4. The number of nitrogens with one attached hydrogen (secondary N) is 1. The van der Waals surface area contributed by atoms with Gasteiger partial charge in [-0.2, -0.15) is 0 Å². The lowest BCUT2D eigenvalue weighted by Gasteiger charge is -2.17. The molecule has 2 aromatic rings. The van der Waals surface area contributed by atoms with E-state index in [-0.39, 0.29) is 5.92 Å². The van der Waals surface area contributed by atoms with Gasteiger partial charge in [-0.15, -0.1) is 0 Å². The number of hydrogen-bond donors (Lipinski definition) is 3. The van der Waals surface area contributed by atoms with Gasteiger partial charge in [-0.3, -0.25) is 9.27 Å². The zero-order valence-corrected chi connectivity index (χ0v) is 12.1. The fourth-order valence-electron chi connectivity index (χ4n) is 2.31. The zero-order chi connectivity index (χ0) is 14.5. The zero-order valence-electron chi connectivity index (χ0n) is 11.2. The molecule has 2 unspecified atom stereocenters. The first-order chi connectivity index (χ1) is 9.60. The van der Waals surface area contributed by atoms with Gasteiger partial charge < -0.3 is 5.73 Å². The molecule has 2 aromatic carbocycles. The smallest absolute Gasteiger partial charge is 0.259 e. The molecule has 0 spiro atoms. The van der Waals surface area contributed by atoms with E-state index in [0.717, 1.165) is 17.7 Å². The van der Waals surface area contributed by atoms with Crippen molar-refractivity contribution in [3.63, 3.8) is 0 Å². The molecule has 0 aliphatic heterocycles. The Bertz CT molecular complexity index is 599. The summed E-state index contributed by atoms with van der Waals surface area (Å²) in [5, 5.41) is 0. The first kappa shape index (κ1) is 14.6. The van der Waals surface area contributed by atoms with Crippen LogP contribution in [0, 0.1) is 0 Å². The van der Waals surface area contributed by atoms with E-state index in [2.05, 4.69) is 11.6 Å². The van der Waals surface area contributed by atoms with Crippen molar-refractivity contribution < 1.29 is 8.76 Å². The van der Waals surface area contributed by atoms with E-state index in [1.54, 1.807) is 6.07 Å². The fraction of sp³-hybridized carbons (Fsp3) is 0.200. The maximum atomic E-state index is 10.8. The number of rotatable bonds is 5. The van der Waals surface area contributed by atoms with Crippen LogP contribution in [0.25, 0.3) is 0 Å². The SMILES string of the molecule is CCC(c1ccc(N)cc1)c1cccc(NS(=O)O)c1. The van der Waals surface area contributed by atoms with Crippen molar-refractivity contribution >= 4 is 22.6 Å². The summed E-state index contributed by atoms with van der Waals surface area (Å²) in [6.45, 7) is 2.12. The van der Waals surface area contributed by atoms with Crippen LogP contribution in [0.4, 0.5) is 11.4 Å². The molecule has 2 rings (SSSR count). The molecule has 0 amide bonds. The van der Waals surface area contributed by atoms with Crippen LogP contribution in [0.15, 0.2) is 48.5 Å². The molecule has 0 radical (unpaired) electrons. The third-order valence-corrected chi connectivity index (χ3v) is 3.65. The second-order valence-electron chi connectivity index (χ2n) is 4.60. The van der Waals surface area contributed by atoms with Crippen LogP contribution >= 0.6 is 0 Å². The van der Waals surface area contributed by atoms with Crippen molar-refractivity contribution in [2.45, 2.75) is 19.3 Å². The van der Waals surface area contributed by atoms with Gasteiger partial charge in [0.15, 0.2) is 0 Å². The molecule has 0 bridgehead atoms. The molecule has 4 N–H and O–H groups in total. The minimum absolute atomic E-state index is 0.240. The number of nitrogens with two attached hydrogens (primary N) is 1. The largest absolute Gasteiger partial charge is 0.399 e. The quantitative estimate of drug-likeness (QED) is 0.584. The van der Waals surface area contributed by atoms with Crippen LogP contribution in [0.2, 0.25) is 0 Å². The predicted molar refractivity (Wildman–Crippen MR) is 83.8 cm³/mol. The van der Waals surface area contributed by atoms with Gasteiger partial charge in [-0.1, -0.05) is 31.2 Å². The van der Waals surface area contributed by atoms with Crippen molar-refractivity contribution in [2.24, 2.45) is 0 Å². The molecule has 0 saturated heterocycles. The van der Waals surface area contributed by atoms with Gasteiger partial charge in [-0.25, -0.2) is 4.21 Å². The topological polar surface area (TPSA) is 75.3 Å². The van der Waals surface area contributed by atoms with Crippen LogP contribution in [0.3, 0.4) is 0 Å². The summed E-state index contributed by atoms with van der Waals surface area (Å²) >= 11 is -2.05. The predicted octanol–water partition coefficient (Wildman–Crippen LogP) is 3.36. The van der Waals surface area contributed by atoms with E-state index < -0.39 is 11.3 Å². The van der Waals surface area contributed by atoms with Gasteiger partial charge in [0.1, 0.15) is 0 Å². The highest BCUT2D eigenvalue weighted by molar-refractivity contribution is 7.80. The van der Waals surface area contributed by atoms with E-state index in [4.69, 9.17) is 10.3 Å². The van der Waals surface area contributed by atoms with E-state index in [1.807, 2.05) is 42.5 Å². The molecule has 0 heterocycles. The Kier molecular flexibility index (Phi) is 4.76. The number of anilines is 2. The number of hydrogen-bond acceptors (Lipinski definition) is 2. The normalized spacial score (nSPS) is 13.7. The molecule has 0 aromatic heterocycles. The summed E-state index contributed by atoms with van der Waals surface area (Å²) in [5.74, 6) is 0.240. The average molecular weight is 290 g/mol. The molecule has 0 aliphatic rings. The standard InChI is InChI=1S/C15H18N2O2S/c1-2-15(11-6-8-13(16)9-7-11)12-4-3-5-14(10-12)17-20(18)19/h3-10,15,17H,2,16H2,1H3,(H,18,19). The molecule has 20 heavy (non-hydrogen) atoms. The van der Waals surface area contributed by atoms with Crippen LogP contribution in [0.1, 0.15) is 30.4 Å². The highest BCUT2D eigenvalue weighted by Gasteiger charge is 2.12. The Morgan fingerprint density at radius 2 is 1.90 bits per heavy atom. The first-order valence-corrected chi connectivity index (χ1v) is 7.53. The summed E-state index contributed by atoms with van der Waals surface area (Å²) in [4.78, 5) is 0. The minimum atomic E-state index is -2.05. The van der Waals surface area contributed by atoms with Crippen LogP contribution in [-0.4, -0.2) is 8.76 Å². The van der Waals surface area contributed by atoms with Crippen molar-refractivity contribution in [1.29, 1.82) is 0 Å². The first-order valence-electron chi connectivity index (χ1n) is 6.43. The molecule has 106 valence electrons. The van der Waals surface area contributed by atoms with Gasteiger partial charge >= 0.3 is 0 Å². The van der Waals surface area contributed by atoms with Crippen LogP contribution in [-0.2, 0) is 11.3 Å². The van der Waals surface area contributed by atoms with Gasteiger partial charge in [0.25, 0.3) is 11.3 Å². The fourth-order valence-corrected chi connectivity index (χ4v) is 2.64. The van der Waals surface area contributed by atoms with Gasteiger partial charge in [0, 0.05) is 17.3 Å². The molecule has 5 heteroatoms. The van der Waals surface area contributed by atoms with Crippen molar-refractivity contribution in [2.75, 3.05) is 10.5 Å². The summed E-state index contributed by atoms with van der Waals surface area (Å²) < 4.78 is 22.2. The third-order valence-electron chi connectivity index (χ3n) is 3.24. The van der Waals surface area contributed by atoms with Crippen molar-refractivity contribution in [1.82, 2.24) is 0 Å². The minimum Gasteiger partial charge on any atom is -0.399 e. The molecular weight excluding hydrogens is 272 g/mol. The summed E-state index contributed by atoms with van der Waals surface area (Å²) in [7, 11) is 0. The average Bonchev–Trinajstić information content (AvgIpc) is 2.41. The summed E-state index contributed by atoms with van der Waals surface area (Å²) in [5.41, 5.74) is 9.38. The second kappa shape index (κ2) is 6.54. The molecule has 4 nitrogen and oxygen atoms in total. The van der Waals surface area contributed by atoms with E-state index in [0.29, 0.717) is 5.69 Å². The Labute approximate surface area is 121 Å². The van der Waals surface area contributed by atoms with E-state index in [9.17, 15) is 4.21 Å². The summed E-state index contributed by atoms with van der Waals surface area (Å²) in [6.07, 6.45) is 0.940. The Morgan fingerprint density at radius 1 is 1.20 bits per heavy atom.